The SMILES string of the molecule is CC(=O)c1ccccc1.CCNC. The first kappa shape index (κ1) is 11.8. The summed E-state index contributed by atoms with van der Waals surface area (Å²) in [5.74, 6) is 0.121. The largest absolute Gasteiger partial charge is 0.320 e. The lowest BCUT2D eigenvalue weighted by Gasteiger charge is -1.89. The number of benzene rings is 1. The zero-order valence-electron chi connectivity index (χ0n) is 8.50. The normalized spacial score (nSPS) is 8.54. The Morgan fingerprint density at radius 1 is 1.31 bits per heavy atom. The van der Waals surface area contributed by atoms with Crippen LogP contribution in [-0.2, 0) is 0 Å². The maximum absolute atomic E-state index is 10.6. The first-order valence-corrected chi connectivity index (χ1v) is 4.43. The quantitative estimate of drug-likeness (QED) is 0.704. The molecule has 2 heteroatoms. The van der Waals surface area contributed by atoms with Gasteiger partial charge in [0.2, 0.25) is 0 Å². The number of Topliss-reactive ketones (excluding diaryl/α,β-unsaturated/α-hetero) is 1. The molecular weight excluding hydrogens is 162 g/mol. The van der Waals surface area contributed by atoms with Gasteiger partial charge in [0.15, 0.2) is 5.78 Å². The molecule has 0 aromatic heterocycles. The van der Waals surface area contributed by atoms with Gasteiger partial charge in [0, 0.05) is 5.56 Å². The van der Waals surface area contributed by atoms with E-state index in [4.69, 9.17) is 0 Å². The summed E-state index contributed by atoms with van der Waals surface area (Å²) in [7, 11) is 1.93. The average Bonchev–Trinajstić information content (AvgIpc) is 2.19. The van der Waals surface area contributed by atoms with Crippen molar-refractivity contribution in [2.24, 2.45) is 0 Å². The topological polar surface area (TPSA) is 29.1 Å². The third kappa shape index (κ3) is 6.05. The Balaban J connectivity index is 0.000000310. The maximum Gasteiger partial charge on any atom is 0.159 e. The fourth-order valence-corrected chi connectivity index (χ4v) is 0.673. The van der Waals surface area contributed by atoms with Crippen LogP contribution in [-0.4, -0.2) is 19.4 Å². The second-order valence-electron chi connectivity index (χ2n) is 2.63. The number of carbonyl (C=O) groups excluding carboxylic acids is 1. The lowest BCUT2D eigenvalue weighted by molar-refractivity contribution is 0.101. The molecule has 0 atom stereocenters. The minimum atomic E-state index is 0.121. The molecule has 0 amide bonds. The van der Waals surface area contributed by atoms with E-state index < -0.39 is 0 Å². The van der Waals surface area contributed by atoms with Gasteiger partial charge in [-0.05, 0) is 20.5 Å². The monoisotopic (exact) mass is 179 g/mol. The van der Waals surface area contributed by atoms with Gasteiger partial charge in [-0.15, -0.1) is 0 Å². The Labute approximate surface area is 80.0 Å². The highest BCUT2D eigenvalue weighted by atomic mass is 16.1. The van der Waals surface area contributed by atoms with Crippen molar-refractivity contribution in [3.63, 3.8) is 0 Å². The summed E-state index contributed by atoms with van der Waals surface area (Å²) >= 11 is 0. The molecule has 0 aliphatic rings. The molecule has 1 N–H and O–H groups in total. The van der Waals surface area contributed by atoms with Crippen LogP contribution < -0.4 is 5.32 Å². The van der Waals surface area contributed by atoms with Crippen LogP contribution in [0.15, 0.2) is 30.3 Å². The Bertz CT molecular complexity index is 229. The maximum atomic E-state index is 10.6. The summed E-state index contributed by atoms with van der Waals surface area (Å²) in [5.41, 5.74) is 0.775. The van der Waals surface area contributed by atoms with Crippen LogP contribution in [0.2, 0.25) is 0 Å². The van der Waals surface area contributed by atoms with Gasteiger partial charge in [-0.25, -0.2) is 0 Å². The second-order valence-corrected chi connectivity index (χ2v) is 2.63. The van der Waals surface area contributed by atoms with E-state index >= 15 is 0 Å². The van der Waals surface area contributed by atoms with Gasteiger partial charge < -0.3 is 5.32 Å². The van der Waals surface area contributed by atoms with Crippen LogP contribution >= 0.6 is 0 Å². The van der Waals surface area contributed by atoms with Crippen molar-refractivity contribution in [2.45, 2.75) is 13.8 Å². The molecule has 0 bridgehead atoms. The molecular formula is C11H17NO. The van der Waals surface area contributed by atoms with E-state index in [0.717, 1.165) is 12.1 Å². The van der Waals surface area contributed by atoms with Crippen LogP contribution in [0.25, 0.3) is 0 Å². The lowest BCUT2D eigenvalue weighted by Crippen LogP contribution is -2.01. The summed E-state index contributed by atoms with van der Waals surface area (Å²) in [6, 6.07) is 9.23. The van der Waals surface area contributed by atoms with E-state index in [0.29, 0.717) is 0 Å². The van der Waals surface area contributed by atoms with Gasteiger partial charge in [-0.1, -0.05) is 37.3 Å². The molecule has 0 spiro atoms. The average molecular weight is 179 g/mol. The number of hydrogen-bond donors (Lipinski definition) is 1. The van der Waals surface area contributed by atoms with Gasteiger partial charge in [0.05, 0.1) is 0 Å². The van der Waals surface area contributed by atoms with Crippen LogP contribution in [0.3, 0.4) is 0 Å². The highest BCUT2D eigenvalue weighted by Crippen LogP contribution is 1.97. The van der Waals surface area contributed by atoms with Crippen molar-refractivity contribution in [3.8, 4) is 0 Å². The van der Waals surface area contributed by atoms with E-state index in [1.54, 1.807) is 6.92 Å². The minimum absolute atomic E-state index is 0.121. The molecule has 0 heterocycles. The van der Waals surface area contributed by atoms with Gasteiger partial charge in [0.25, 0.3) is 0 Å². The van der Waals surface area contributed by atoms with Crippen molar-refractivity contribution in [2.75, 3.05) is 13.6 Å². The standard InChI is InChI=1S/C8H8O.C3H9N/c1-7(9)8-5-3-2-4-6-8;1-3-4-2/h2-6H,1H3;4H,3H2,1-2H3. The van der Waals surface area contributed by atoms with Gasteiger partial charge >= 0.3 is 0 Å². The van der Waals surface area contributed by atoms with Crippen LogP contribution in [0, 0.1) is 0 Å². The zero-order valence-corrected chi connectivity index (χ0v) is 8.50. The van der Waals surface area contributed by atoms with Crippen LogP contribution in [0.4, 0.5) is 0 Å². The number of rotatable bonds is 2. The van der Waals surface area contributed by atoms with Crippen molar-refractivity contribution < 1.29 is 4.79 Å². The Hall–Kier alpha value is -1.15. The molecule has 1 aromatic carbocycles. The highest BCUT2D eigenvalue weighted by Gasteiger charge is 1.92. The molecule has 13 heavy (non-hydrogen) atoms. The number of ketones is 1. The van der Waals surface area contributed by atoms with Crippen molar-refractivity contribution in [3.05, 3.63) is 35.9 Å². The molecule has 0 saturated carbocycles. The minimum Gasteiger partial charge on any atom is -0.320 e. The molecule has 1 aromatic rings. The lowest BCUT2D eigenvalue weighted by atomic mass is 10.2. The summed E-state index contributed by atoms with van der Waals surface area (Å²) in [4.78, 5) is 10.6. The van der Waals surface area contributed by atoms with E-state index in [-0.39, 0.29) is 5.78 Å². The summed E-state index contributed by atoms with van der Waals surface area (Å²) in [6.45, 7) is 4.70. The number of hydrogen-bond acceptors (Lipinski definition) is 2. The third-order valence-corrected chi connectivity index (χ3v) is 1.53. The summed E-state index contributed by atoms with van der Waals surface area (Å²) in [5, 5.41) is 2.93. The third-order valence-electron chi connectivity index (χ3n) is 1.53. The smallest absolute Gasteiger partial charge is 0.159 e. The fraction of sp³-hybridized carbons (Fsp3) is 0.364. The zero-order chi connectivity index (χ0) is 10.1. The Morgan fingerprint density at radius 3 is 2.00 bits per heavy atom. The molecule has 0 fully saturated rings. The Kier molecular flexibility index (Phi) is 6.83. The molecule has 0 saturated heterocycles. The molecule has 0 aliphatic carbocycles. The molecule has 0 unspecified atom stereocenters. The molecule has 2 nitrogen and oxygen atoms in total. The van der Waals surface area contributed by atoms with Crippen LogP contribution in [0.1, 0.15) is 24.2 Å². The molecule has 1 rings (SSSR count). The van der Waals surface area contributed by atoms with E-state index in [9.17, 15) is 4.79 Å². The molecule has 0 aliphatic heterocycles. The highest BCUT2D eigenvalue weighted by molar-refractivity contribution is 5.93. The summed E-state index contributed by atoms with van der Waals surface area (Å²) < 4.78 is 0. The second kappa shape index (κ2) is 7.50. The van der Waals surface area contributed by atoms with Gasteiger partial charge in [0.1, 0.15) is 0 Å². The first-order valence-electron chi connectivity index (χ1n) is 4.43. The van der Waals surface area contributed by atoms with Crippen molar-refractivity contribution in [1.82, 2.24) is 5.32 Å². The first-order chi connectivity index (χ1) is 6.22. The molecule has 0 radical (unpaired) electrons. The van der Waals surface area contributed by atoms with Crippen molar-refractivity contribution in [1.29, 1.82) is 0 Å². The number of nitrogens with one attached hydrogen (secondary N) is 1. The van der Waals surface area contributed by atoms with E-state index in [1.807, 2.05) is 37.4 Å². The van der Waals surface area contributed by atoms with E-state index in [2.05, 4.69) is 12.2 Å². The van der Waals surface area contributed by atoms with E-state index in [1.165, 1.54) is 0 Å². The van der Waals surface area contributed by atoms with Crippen LogP contribution in [0.5, 0.6) is 0 Å². The summed E-state index contributed by atoms with van der Waals surface area (Å²) in [6.07, 6.45) is 0. The van der Waals surface area contributed by atoms with Crippen molar-refractivity contribution >= 4 is 5.78 Å². The fourth-order valence-electron chi connectivity index (χ4n) is 0.673. The van der Waals surface area contributed by atoms with Gasteiger partial charge in [-0.2, -0.15) is 0 Å². The molecule has 72 valence electrons. The predicted octanol–water partition coefficient (Wildman–Crippen LogP) is 2.11. The Morgan fingerprint density at radius 2 is 1.77 bits per heavy atom. The van der Waals surface area contributed by atoms with Gasteiger partial charge in [-0.3, -0.25) is 4.79 Å². The number of carbonyl (C=O) groups is 1. The predicted molar refractivity (Wildman–Crippen MR) is 56.0 cm³/mol.